The molecule has 16 nitrogen and oxygen atoms in total. The first-order valence-electron chi connectivity index (χ1n) is 19.5. The molecule has 0 spiro atoms. The molecule has 0 saturated heterocycles. The van der Waals surface area contributed by atoms with Crippen molar-refractivity contribution in [2.75, 3.05) is 0 Å². The third-order valence-electron chi connectivity index (χ3n) is 9.28. The van der Waals surface area contributed by atoms with Crippen LogP contribution in [0.2, 0.25) is 0 Å². The van der Waals surface area contributed by atoms with E-state index in [-0.39, 0.29) is 37.2 Å². The van der Waals surface area contributed by atoms with Gasteiger partial charge < -0.3 is 47.8 Å². The van der Waals surface area contributed by atoms with E-state index in [4.69, 9.17) is 11.5 Å². The number of aromatic hydroxyl groups is 3. The van der Waals surface area contributed by atoms with Gasteiger partial charge in [0.25, 0.3) is 0 Å². The number of phenols is 3. The zero-order valence-corrected chi connectivity index (χ0v) is 33.1. The molecule has 0 saturated carbocycles. The molecule has 57 heavy (non-hydrogen) atoms. The SMILES string of the molecule is CCCCCCCCCC(O)CC(=O)NC(CC(N)=O)C(=O)NC(CCC(N)=O)C(=O)NC(CC(=O)c1cccc(O)c1C(=O)c1c(O)cccc1O)CC(C)C. The molecule has 5 amide bonds. The van der Waals surface area contributed by atoms with Crippen molar-refractivity contribution in [2.45, 2.75) is 135 Å². The maximum Gasteiger partial charge on any atom is 0.243 e. The fourth-order valence-corrected chi connectivity index (χ4v) is 6.44. The molecule has 2 rings (SSSR count). The van der Waals surface area contributed by atoms with E-state index in [1.54, 1.807) is 0 Å². The first-order chi connectivity index (χ1) is 26.9. The second-order valence-electron chi connectivity index (χ2n) is 14.8. The highest BCUT2D eigenvalue weighted by Crippen LogP contribution is 2.33. The predicted octanol–water partition coefficient (Wildman–Crippen LogP) is 3.14. The summed E-state index contributed by atoms with van der Waals surface area (Å²) in [5, 5.41) is 49.2. The molecule has 0 aliphatic carbocycles. The lowest BCUT2D eigenvalue weighted by atomic mass is 9.90. The van der Waals surface area contributed by atoms with Gasteiger partial charge in [-0.05, 0) is 43.4 Å². The summed E-state index contributed by atoms with van der Waals surface area (Å²) in [6, 6.07) is 3.50. The number of nitrogens with two attached hydrogens (primary N) is 2. The summed E-state index contributed by atoms with van der Waals surface area (Å²) < 4.78 is 0. The Kier molecular flexibility index (Phi) is 20.2. The smallest absolute Gasteiger partial charge is 0.243 e. The number of amides is 5. The van der Waals surface area contributed by atoms with Crippen molar-refractivity contribution >= 4 is 41.1 Å². The maximum absolute atomic E-state index is 13.8. The van der Waals surface area contributed by atoms with Gasteiger partial charge in [0.05, 0.1) is 24.5 Å². The summed E-state index contributed by atoms with van der Waals surface area (Å²) >= 11 is 0. The Morgan fingerprint density at radius 3 is 1.79 bits per heavy atom. The van der Waals surface area contributed by atoms with Gasteiger partial charge in [0.2, 0.25) is 35.3 Å². The Morgan fingerprint density at radius 2 is 1.21 bits per heavy atom. The van der Waals surface area contributed by atoms with Crippen LogP contribution in [0.1, 0.15) is 137 Å². The number of primary amides is 2. The fourth-order valence-electron chi connectivity index (χ4n) is 6.44. The standard InChI is InChI=1S/C41H59N5O11/c1-4-5-6-7-8-9-10-13-26(47)22-36(54)45-29(23-35(43)53)41(57)46-28(18-19-34(42)52)40(56)44-25(20-24(2)3)21-33(51)27-14-11-15-30(48)37(27)39(55)38-31(49)16-12-17-32(38)50/h11-12,14-17,24-26,28-29,47-50H,4-10,13,18-23H2,1-3H3,(H2,42,52)(H2,43,53)(H,44,56)(H,45,54)(H,46,57). The number of rotatable bonds is 27. The van der Waals surface area contributed by atoms with Gasteiger partial charge in [0, 0.05) is 24.4 Å². The molecule has 11 N–H and O–H groups in total. The topological polar surface area (TPSA) is 289 Å². The Hall–Kier alpha value is -5.51. The highest BCUT2D eigenvalue weighted by molar-refractivity contribution is 6.19. The van der Waals surface area contributed by atoms with E-state index < -0.39 is 107 Å². The molecule has 4 atom stereocenters. The zero-order valence-electron chi connectivity index (χ0n) is 33.1. The molecule has 314 valence electrons. The van der Waals surface area contributed by atoms with Crippen molar-refractivity contribution in [1.29, 1.82) is 0 Å². The van der Waals surface area contributed by atoms with E-state index in [1.165, 1.54) is 24.6 Å². The lowest BCUT2D eigenvalue weighted by molar-refractivity contribution is -0.134. The highest BCUT2D eigenvalue weighted by atomic mass is 16.3. The van der Waals surface area contributed by atoms with Crippen LogP contribution in [0.5, 0.6) is 17.2 Å². The predicted molar refractivity (Wildman–Crippen MR) is 211 cm³/mol. The van der Waals surface area contributed by atoms with Gasteiger partial charge in [-0.3, -0.25) is 33.6 Å². The van der Waals surface area contributed by atoms with Crippen LogP contribution in [-0.2, 0) is 24.0 Å². The van der Waals surface area contributed by atoms with Crippen LogP contribution in [0.15, 0.2) is 36.4 Å². The normalized spacial score (nSPS) is 13.2. The molecule has 4 unspecified atom stereocenters. The summed E-state index contributed by atoms with van der Waals surface area (Å²) in [5.74, 6) is -7.80. The molecule has 0 aliphatic rings. The van der Waals surface area contributed by atoms with Crippen LogP contribution in [0.3, 0.4) is 0 Å². The number of nitrogens with one attached hydrogen (secondary N) is 3. The number of hydrogen-bond acceptors (Lipinski definition) is 11. The van der Waals surface area contributed by atoms with E-state index in [1.807, 2.05) is 13.8 Å². The van der Waals surface area contributed by atoms with Crippen molar-refractivity contribution in [1.82, 2.24) is 16.0 Å². The number of benzene rings is 2. The van der Waals surface area contributed by atoms with Gasteiger partial charge >= 0.3 is 0 Å². The van der Waals surface area contributed by atoms with E-state index in [2.05, 4.69) is 22.9 Å². The Bertz CT molecular complexity index is 1690. The van der Waals surface area contributed by atoms with E-state index in [0.717, 1.165) is 50.3 Å². The van der Waals surface area contributed by atoms with Crippen LogP contribution in [0, 0.1) is 5.92 Å². The summed E-state index contributed by atoms with van der Waals surface area (Å²) in [6.07, 6.45) is 4.76. The lowest BCUT2D eigenvalue weighted by Gasteiger charge is -2.26. The molecule has 2 aromatic rings. The molecule has 0 heterocycles. The van der Waals surface area contributed by atoms with E-state index >= 15 is 0 Å². The average Bonchev–Trinajstić information content (AvgIpc) is 3.11. The number of phenolic OH excluding ortho intramolecular Hbond substituents is 3. The average molecular weight is 798 g/mol. The van der Waals surface area contributed by atoms with E-state index in [0.29, 0.717) is 12.8 Å². The van der Waals surface area contributed by atoms with Gasteiger partial charge in [-0.15, -0.1) is 0 Å². The lowest BCUT2D eigenvalue weighted by Crippen LogP contribution is -2.56. The summed E-state index contributed by atoms with van der Waals surface area (Å²) in [7, 11) is 0. The number of aliphatic hydroxyl groups is 1. The molecule has 0 fully saturated rings. The summed E-state index contributed by atoms with van der Waals surface area (Å²) in [4.78, 5) is 90.9. The van der Waals surface area contributed by atoms with E-state index in [9.17, 15) is 54.0 Å². The van der Waals surface area contributed by atoms with Crippen molar-refractivity contribution < 1.29 is 54.0 Å². The second kappa shape index (κ2) is 24.2. The molecule has 16 heteroatoms. The number of carbonyl (C=O) groups is 7. The number of aliphatic hydroxyl groups excluding tert-OH is 1. The Morgan fingerprint density at radius 1 is 0.649 bits per heavy atom. The van der Waals surface area contributed by atoms with Crippen molar-refractivity contribution in [2.24, 2.45) is 17.4 Å². The van der Waals surface area contributed by atoms with Gasteiger partial charge in [-0.2, -0.15) is 0 Å². The number of carbonyl (C=O) groups excluding carboxylic acids is 7. The minimum absolute atomic E-state index is 0.0958. The van der Waals surface area contributed by atoms with Gasteiger partial charge in [0.15, 0.2) is 5.78 Å². The van der Waals surface area contributed by atoms with Gasteiger partial charge in [-0.1, -0.05) is 83.9 Å². The highest BCUT2D eigenvalue weighted by Gasteiger charge is 2.32. The maximum atomic E-state index is 13.8. The zero-order chi connectivity index (χ0) is 42.7. The molecular weight excluding hydrogens is 738 g/mol. The number of ketones is 2. The first kappa shape index (κ1) is 47.6. The fraction of sp³-hybridized carbons (Fsp3) is 0.537. The molecular formula is C41H59N5O11. The second-order valence-corrected chi connectivity index (χ2v) is 14.8. The van der Waals surface area contributed by atoms with Crippen LogP contribution in [-0.4, -0.2) is 85.8 Å². The Labute approximate surface area is 333 Å². The third kappa shape index (κ3) is 16.6. The molecule has 2 aromatic carbocycles. The van der Waals surface area contributed by atoms with Crippen LogP contribution in [0.25, 0.3) is 0 Å². The summed E-state index contributed by atoms with van der Waals surface area (Å²) in [5.41, 5.74) is 9.45. The van der Waals surface area contributed by atoms with Gasteiger partial charge in [-0.25, -0.2) is 0 Å². The van der Waals surface area contributed by atoms with Crippen LogP contribution < -0.4 is 27.4 Å². The van der Waals surface area contributed by atoms with Crippen LogP contribution >= 0.6 is 0 Å². The largest absolute Gasteiger partial charge is 0.507 e. The number of unbranched alkanes of at least 4 members (excludes halogenated alkanes) is 6. The molecule has 0 aromatic heterocycles. The van der Waals surface area contributed by atoms with Crippen molar-refractivity contribution in [3.63, 3.8) is 0 Å². The van der Waals surface area contributed by atoms with Crippen molar-refractivity contribution in [3.05, 3.63) is 53.1 Å². The monoisotopic (exact) mass is 797 g/mol. The number of hydrogen-bond donors (Lipinski definition) is 9. The van der Waals surface area contributed by atoms with Crippen LogP contribution in [0.4, 0.5) is 0 Å². The minimum atomic E-state index is -1.53. The quantitative estimate of drug-likeness (QED) is 0.0467. The molecule has 0 bridgehead atoms. The molecule has 0 radical (unpaired) electrons. The minimum Gasteiger partial charge on any atom is -0.507 e. The third-order valence-corrected chi connectivity index (χ3v) is 9.28. The van der Waals surface area contributed by atoms with Gasteiger partial charge in [0.1, 0.15) is 34.9 Å². The number of Topliss-reactive ketones (excluding diaryl/α,β-unsaturated/α-hetero) is 1. The first-order valence-corrected chi connectivity index (χ1v) is 19.5. The summed E-state index contributed by atoms with van der Waals surface area (Å²) in [6.45, 7) is 5.78. The van der Waals surface area contributed by atoms with Crippen molar-refractivity contribution in [3.8, 4) is 17.2 Å². The molecule has 0 aliphatic heterocycles. The Balaban J connectivity index is 2.24.